The monoisotopic (exact) mass is 381 g/mol. The normalized spacial score (nSPS) is 18.0. The van der Waals surface area contributed by atoms with Crippen LogP contribution in [0, 0.1) is 11.7 Å². The van der Waals surface area contributed by atoms with Gasteiger partial charge in [-0.3, -0.25) is 14.6 Å². The lowest BCUT2D eigenvalue weighted by atomic mass is 9.96. The van der Waals surface area contributed by atoms with Crippen LogP contribution >= 0.6 is 0 Å². The maximum absolute atomic E-state index is 13.4. The Labute approximate surface area is 164 Å². The van der Waals surface area contributed by atoms with Crippen LogP contribution in [0.25, 0.3) is 11.3 Å². The van der Waals surface area contributed by atoms with Gasteiger partial charge in [0.05, 0.1) is 11.3 Å². The van der Waals surface area contributed by atoms with Crippen LogP contribution in [0.2, 0.25) is 0 Å². The molecule has 2 fully saturated rings. The Morgan fingerprint density at radius 1 is 1.14 bits per heavy atom. The molecule has 0 radical (unpaired) electrons. The van der Waals surface area contributed by atoms with E-state index in [0.717, 1.165) is 32.4 Å². The van der Waals surface area contributed by atoms with Crippen molar-refractivity contribution in [1.29, 1.82) is 0 Å². The Hall–Kier alpha value is -2.76. The Morgan fingerprint density at radius 3 is 2.61 bits per heavy atom. The molecule has 2 aliphatic heterocycles. The number of nitrogens with zero attached hydrogens (tertiary/aromatic N) is 3. The predicted molar refractivity (Wildman–Crippen MR) is 104 cm³/mol. The molecule has 0 atom stereocenters. The lowest BCUT2D eigenvalue weighted by Gasteiger charge is -2.34. The highest BCUT2D eigenvalue weighted by atomic mass is 19.1. The van der Waals surface area contributed by atoms with E-state index in [0.29, 0.717) is 42.2 Å². The second-order valence-corrected chi connectivity index (χ2v) is 7.62. The van der Waals surface area contributed by atoms with E-state index in [2.05, 4.69) is 4.98 Å². The van der Waals surface area contributed by atoms with Crippen molar-refractivity contribution in [2.24, 2.45) is 5.92 Å². The second kappa shape index (κ2) is 8.09. The van der Waals surface area contributed by atoms with Crippen molar-refractivity contribution >= 4 is 11.8 Å². The van der Waals surface area contributed by atoms with Crippen LogP contribution in [0.15, 0.2) is 42.6 Å². The Kier molecular flexibility index (Phi) is 5.37. The standard InChI is InChI=1S/C22H24FN3O2/c23-19-4-1-3-17(13-19)20-7-6-18(14-24-20)22(28)25-11-8-16(9-12-25)15-26-10-2-5-21(26)27/h1,3-4,6-7,13-14,16H,2,5,8-12,15H2. The second-order valence-electron chi connectivity index (χ2n) is 7.62. The number of hydrogen-bond donors (Lipinski definition) is 0. The first-order valence-electron chi connectivity index (χ1n) is 9.89. The number of piperidine rings is 1. The number of aromatic nitrogens is 1. The predicted octanol–water partition coefficient (Wildman–Crippen LogP) is 3.36. The fraction of sp³-hybridized carbons (Fsp3) is 0.409. The summed E-state index contributed by atoms with van der Waals surface area (Å²) in [5.41, 5.74) is 1.88. The van der Waals surface area contributed by atoms with Crippen LogP contribution in [-0.4, -0.2) is 52.8 Å². The van der Waals surface area contributed by atoms with Gasteiger partial charge in [0.2, 0.25) is 5.91 Å². The van der Waals surface area contributed by atoms with Crippen LogP contribution in [0.4, 0.5) is 4.39 Å². The Balaban J connectivity index is 1.34. The number of hydrogen-bond acceptors (Lipinski definition) is 3. The van der Waals surface area contributed by atoms with E-state index in [-0.39, 0.29) is 17.6 Å². The van der Waals surface area contributed by atoms with Gasteiger partial charge in [0.1, 0.15) is 5.82 Å². The number of carbonyl (C=O) groups is 2. The number of likely N-dealkylation sites (tertiary alicyclic amines) is 2. The van der Waals surface area contributed by atoms with Gasteiger partial charge in [-0.2, -0.15) is 0 Å². The zero-order valence-corrected chi connectivity index (χ0v) is 15.8. The molecule has 0 spiro atoms. The molecule has 3 heterocycles. The van der Waals surface area contributed by atoms with E-state index in [4.69, 9.17) is 0 Å². The minimum absolute atomic E-state index is 0.0195. The molecule has 0 aliphatic carbocycles. The SMILES string of the molecule is O=C1CCCN1CC1CCN(C(=O)c2ccc(-c3cccc(F)c3)nc2)CC1. The van der Waals surface area contributed by atoms with E-state index in [1.807, 2.05) is 9.80 Å². The average Bonchev–Trinajstić information content (AvgIpc) is 3.13. The summed E-state index contributed by atoms with van der Waals surface area (Å²) in [6.07, 6.45) is 5.05. The number of rotatable bonds is 4. The largest absolute Gasteiger partial charge is 0.342 e. The zero-order valence-electron chi connectivity index (χ0n) is 15.8. The van der Waals surface area contributed by atoms with Crippen molar-refractivity contribution in [3.05, 3.63) is 54.0 Å². The minimum Gasteiger partial charge on any atom is -0.342 e. The van der Waals surface area contributed by atoms with Crippen molar-refractivity contribution in [3.8, 4) is 11.3 Å². The van der Waals surface area contributed by atoms with Gasteiger partial charge in [-0.05, 0) is 49.4 Å². The molecule has 28 heavy (non-hydrogen) atoms. The Bertz CT molecular complexity index is 860. The molecule has 146 valence electrons. The van der Waals surface area contributed by atoms with Gasteiger partial charge < -0.3 is 9.80 Å². The third-order valence-corrected chi connectivity index (χ3v) is 5.68. The van der Waals surface area contributed by atoms with Crippen molar-refractivity contribution in [2.45, 2.75) is 25.7 Å². The van der Waals surface area contributed by atoms with Crippen molar-refractivity contribution in [1.82, 2.24) is 14.8 Å². The van der Waals surface area contributed by atoms with Gasteiger partial charge in [0.25, 0.3) is 5.91 Å². The van der Waals surface area contributed by atoms with E-state index < -0.39 is 0 Å². The maximum atomic E-state index is 13.4. The van der Waals surface area contributed by atoms with Gasteiger partial charge in [0.15, 0.2) is 0 Å². The highest BCUT2D eigenvalue weighted by Gasteiger charge is 2.28. The molecule has 6 heteroatoms. The van der Waals surface area contributed by atoms with E-state index >= 15 is 0 Å². The van der Waals surface area contributed by atoms with Crippen LogP contribution < -0.4 is 0 Å². The lowest BCUT2D eigenvalue weighted by molar-refractivity contribution is -0.128. The van der Waals surface area contributed by atoms with Crippen LogP contribution in [0.1, 0.15) is 36.0 Å². The molecule has 0 unspecified atom stereocenters. The number of carbonyl (C=O) groups excluding carboxylic acids is 2. The van der Waals surface area contributed by atoms with E-state index in [1.54, 1.807) is 30.5 Å². The summed E-state index contributed by atoms with van der Waals surface area (Å²) >= 11 is 0. The summed E-state index contributed by atoms with van der Waals surface area (Å²) in [6, 6.07) is 9.77. The third-order valence-electron chi connectivity index (χ3n) is 5.68. The van der Waals surface area contributed by atoms with Gasteiger partial charge >= 0.3 is 0 Å². The molecule has 5 nitrogen and oxygen atoms in total. The molecule has 0 bridgehead atoms. The first kappa shape index (κ1) is 18.6. The summed E-state index contributed by atoms with van der Waals surface area (Å²) in [4.78, 5) is 32.7. The number of halogens is 1. The minimum atomic E-state index is -0.307. The fourth-order valence-corrected chi connectivity index (χ4v) is 4.05. The first-order chi connectivity index (χ1) is 13.6. The summed E-state index contributed by atoms with van der Waals surface area (Å²) in [5, 5.41) is 0. The van der Waals surface area contributed by atoms with Crippen molar-refractivity contribution < 1.29 is 14.0 Å². The van der Waals surface area contributed by atoms with Crippen LogP contribution in [-0.2, 0) is 4.79 Å². The maximum Gasteiger partial charge on any atom is 0.255 e. The summed E-state index contributed by atoms with van der Waals surface area (Å²) < 4.78 is 13.4. The molecule has 2 saturated heterocycles. The zero-order chi connectivity index (χ0) is 19.5. The van der Waals surface area contributed by atoms with E-state index in [9.17, 15) is 14.0 Å². The van der Waals surface area contributed by atoms with Crippen molar-refractivity contribution in [2.75, 3.05) is 26.2 Å². The Morgan fingerprint density at radius 2 is 1.96 bits per heavy atom. The molecular weight excluding hydrogens is 357 g/mol. The highest BCUT2D eigenvalue weighted by Crippen LogP contribution is 2.23. The fourth-order valence-electron chi connectivity index (χ4n) is 4.05. The smallest absolute Gasteiger partial charge is 0.255 e. The molecule has 1 aromatic heterocycles. The van der Waals surface area contributed by atoms with Crippen molar-refractivity contribution in [3.63, 3.8) is 0 Å². The average molecular weight is 381 g/mol. The van der Waals surface area contributed by atoms with Gasteiger partial charge in [-0.1, -0.05) is 12.1 Å². The quantitative estimate of drug-likeness (QED) is 0.816. The van der Waals surface area contributed by atoms with Crippen LogP contribution in [0.5, 0.6) is 0 Å². The summed E-state index contributed by atoms with van der Waals surface area (Å²) in [5.74, 6) is 0.412. The molecule has 1 aromatic carbocycles. The molecule has 0 saturated carbocycles. The highest BCUT2D eigenvalue weighted by molar-refractivity contribution is 5.94. The third kappa shape index (κ3) is 4.06. The molecule has 2 aliphatic rings. The summed E-state index contributed by atoms with van der Waals surface area (Å²) in [6.45, 7) is 3.11. The first-order valence-corrected chi connectivity index (χ1v) is 9.89. The number of benzene rings is 1. The lowest BCUT2D eigenvalue weighted by Crippen LogP contribution is -2.41. The number of amides is 2. The van der Waals surface area contributed by atoms with E-state index in [1.165, 1.54) is 12.1 Å². The van der Waals surface area contributed by atoms with Gasteiger partial charge in [-0.25, -0.2) is 4.39 Å². The van der Waals surface area contributed by atoms with Gasteiger partial charge in [0, 0.05) is 44.4 Å². The summed E-state index contributed by atoms with van der Waals surface area (Å²) in [7, 11) is 0. The molecular formula is C22H24FN3O2. The number of pyridine rings is 1. The van der Waals surface area contributed by atoms with Gasteiger partial charge in [-0.15, -0.1) is 0 Å². The molecule has 2 aromatic rings. The van der Waals surface area contributed by atoms with Crippen LogP contribution in [0.3, 0.4) is 0 Å². The molecule has 0 N–H and O–H groups in total. The molecule has 4 rings (SSSR count). The molecule has 2 amide bonds. The topological polar surface area (TPSA) is 53.5 Å².